The maximum absolute atomic E-state index is 11.8. The molecular formula is C47H90N2O4. The molecule has 0 fully saturated rings. The van der Waals surface area contributed by atoms with Crippen molar-refractivity contribution in [3.05, 3.63) is 24.3 Å². The fourth-order valence-corrected chi connectivity index (χ4v) is 7.01. The highest BCUT2D eigenvalue weighted by Gasteiger charge is 2.12. The van der Waals surface area contributed by atoms with Gasteiger partial charge in [0.15, 0.2) is 0 Å². The minimum absolute atomic E-state index is 0.00278. The fourth-order valence-electron chi connectivity index (χ4n) is 7.01. The minimum Gasteiger partial charge on any atom is -0.481 e. The second kappa shape index (κ2) is 43.1. The number of aliphatic carboxylic acids is 1. The summed E-state index contributed by atoms with van der Waals surface area (Å²) in [7, 11) is 0. The average Bonchev–Trinajstić information content (AvgIpc) is 3.14. The van der Waals surface area contributed by atoms with Gasteiger partial charge in [-0.05, 0) is 96.9 Å². The number of carboxylic acid groups (broad SMARTS) is 1. The van der Waals surface area contributed by atoms with Crippen LogP contribution in [0.15, 0.2) is 24.3 Å². The van der Waals surface area contributed by atoms with Crippen molar-refractivity contribution in [3.63, 3.8) is 0 Å². The Kier molecular flexibility index (Phi) is 41.7. The molecule has 0 aliphatic heterocycles. The van der Waals surface area contributed by atoms with Crippen molar-refractivity contribution in [2.75, 3.05) is 13.2 Å². The summed E-state index contributed by atoms with van der Waals surface area (Å²) in [5, 5.41) is 12.4. The van der Waals surface area contributed by atoms with Gasteiger partial charge in [0.25, 0.3) is 0 Å². The number of allylic oxidation sites excluding steroid dienone is 4. The number of rotatable bonds is 43. The first kappa shape index (κ1) is 51.3. The van der Waals surface area contributed by atoms with E-state index in [1.54, 1.807) is 0 Å². The van der Waals surface area contributed by atoms with Crippen LogP contribution >= 0.6 is 0 Å². The largest absolute Gasteiger partial charge is 0.481 e. The van der Waals surface area contributed by atoms with Crippen molar-refractivity contribution in [1.82, 2.24) is 5.32 Å². The van der Waals surface area contributed by atoms with E-state index < -0.39 is 5.97 Å². The van der Waals surface area contributed by atoms with Gasteiger partial charge in [-0.15, -0.1) is 0 Å². The average molecular weight is 747 g/mol. The lowest BCUT2D eigenvalue weighted by Crippen LogP contribution is -2.43. The van der Waals surface area contributed by atoms with Gasteiger partial charge in [0, 0.05) is 24.9 Å². The topological polar surface area (TPSA) is 102 Å². The summed E-state index contributed by atoms with van der Waals surface area (Å²) >= 11 is 0. The van der Waals surface area contributed by atoms with Gasteiger partial charge in [-0.25, -0.2) is 0 Å². The number of hydrogen-bond acceptors (Lipinski definition) is 5. The van der Waals surface area contributed by atoms with Gasteiger partial charge in [0.1, 0.15) is 0 Å². The molecule has 0 aliphatic rings. The van der Waals surface area contributed by atoms with Gasteiger partial charge in [-0.2, -0.15) is 0 Å². The number of carbonyl (C=O) groups is 2. The van der Waals surface area contributed by atoms with E-state index in [2.05, 4.69) is 43.5 Å². The molecule has 0 aromatic carbocycles. The second-order valence-electron chi connectivity index (χ2n) is 16.0. The third-order valence-electron chi connectivity index (χ3n) is 10.6. The molecule has 4 N–H and O–H groups in total. The quantitative estimate of drug-likeness (QED) is 0.0326. The normalized spacial score (nSPS) is 13.0. The zero-order valence-electron chi connectivity index (χ0n) is 35.4. The summed E-state index contributed by atoms with van der Waals surface area (Å²) in [5.74, 6) is -0.674. The van der Waals surface area contributed by atoms with Crippen LogP contribution in [-0.2, 0) is 14.3 Å². The van der Waals surface area contributed by atoms with Crippen LogP contribution in [0.1, 0.15) is 239 Å². The van der Waals surface area contributed by atoms with Crippen molar-refractivity contribution in [1.29, 1.82) is 0 Å². The van der Waals surface area contributed by atoms with Gasteiger partial charge >= 0.3 is 11.9 Å². The van der Waals surface area contributed by atoms with Crippen molar-refractivity contribution in [2.45, 2.75) is 251 Å². The molecule has 0 radical (unpaired) electrons. The van der Waals surface area contributed by atoms with E-state index in [0.717, 1.165) is 51.5 Å². The van der Waals surface area contributed by atoms with Crippen molar-refractivity contribution in [2.24, 2.45) is 5.73 Å². The summed E-state index contributed by atoms with van der Waals surface area (Å²) < 4.78 is 5.37. The van der Waals surface area contributed by atoms with Gasteiger partial charge in [0.2, 0.25) is 0 Å². The highest BCUT2D eigenvalue weighted by atomic mass is 16.5. The lowest BCUT2D eigenvalue weighted by Gasteiger charge is -2.22. The molecule has 0 saturated heterocycles. The lowest BCUT2D eigenvalue weighted by atomic mass is 10.0. The Morgan fingerprint density at radius 2 is 0.943 bits per heavy atom. The molecule has 0 amide bonds. The molecule has 6 nitrogen and oxygen atoms in total. The number of esters is 1. The minimum atomic E-state index is -0.671. The predicted molar refractivity (Wildman–Crippen MR) is 230 cm³/mol. The Balaban J connectivity index is 3.45. The summed E-state index contributed by atoms with van der Waals surface area (Å²) in [6.07, 6.45) is 50.9. The standard InChI is InChI=1S/C47H90N2O4/c1-3-4-5-6-33-38-43-53-47(52)41-36-31-27-23-19-15-11-8-12-16-20-24-28-32-37-42-49-45(44(2)48)39-34-29-25-21-17-13-9-7-10-14-18-22-26-30-35-40-46(50)51/h7-8,10-11,44-45,49H,3-6,9,12-43,48H2,1-2H3,(H,50,51). The molecule has 0 rings (SSSR count). The number of unbranched alkanes of at least 4 members (excludes halogenated alkanes) is 27. The Morgan fingerprint density at radius 1 is 0.547 bits per heavy atom. The molecule has 0 aliphatic carbocycles. The van der Waals surface area contributed by atoms with Crippen LogP contribution in [0.5, 0.6) is 0 Å². The molecule has 53 heavy (non-hydrogen) atoms. The highest BCUT2D eigenvalue weighted by Crippen LogP contribution is 2.14. The summed E-state index contributed by atoms with van der Waals surface area (Å²) in [5.41, 5.74) is 6.31. The van der Waals surface area contributed by atoms with Crippen LogP contribution in [0.25, 0.3) is 0 Å². The SMILES string of the molecule is CCCCCCCCOC(=O)CCCCCCCC=CCCCCCCCCNC(CCCCCCCCC=CCCCCCCCC(=O)O)C(C)N. The number of carbonyl (C=O) groups excluding carboxylic acids is 1. The molecule has 0 bridgehead atoms. The van der Waals surface area contributed by atoms with Crippen molar-refractivity contribution in [3.8, 4) is 0 Å². The molecule has 0 aromatic heterocycles. The number of carboxylic acids is 1. The third kappa shape index (κ3) is 42.9. The smallest absolute Gasteiger partial charge is 0.305 e. The number of ether oxygens (including phenoxy) is 1. The first-order valence-corrected chi connectivity index (χ1v) is 23.1. The molecule has 0 saturated carbocycles. The molecular weight excluding hydrogens is 657 g/mol. The van der Waals surface area contributed by atoms with Gasteiger partial charge in [-0.3, -0.25) is 9.59 Å². The van der Waals surface area contributed by atoms with Gasteiger partial charge < -0.3 is 20.9 Å². The molecule has 0 heterocycles. The van der Waals surface area contributed by atoms with Crippen molar-refractivity contribution < 1.29 is 19.4 Å². The number of nitrogens with two attached hydrogens (primary N) is 1. The van der Waals surface area contributed by atoms with E-state index in [1.165, 1.54) is 167 Å². The zero-order valence-corrected chi connectivity index (χ0v) is 35.4. The van der Waals surface area contributed by atoms with Crippen molar-refractivity contribution >= 4 is 11.9 Å². The monoisotopic (exact) mass is 747 g/mol. The second-order valence-corrected chi connectivity index (χ2v) is 16.0. The van der Waals surface area contributed by atoms with E-state index in [-0.39, 0.29) is 12.0 Å². The first-order chi connectivity index (χ1) is 26.0. The third-order valence-corrected chi connectivity index (χ3v) is 10.6. The number of nitrogens with one attached hydrogen (secondary N) is 1. The Bertz CT molecular complexity index is 827. The molecule has 2 atom stereocenters. The fraction of sp³-hybridized carbons (Fsp3) is 0.872. The number of hydrogen-bond donors (Lipinski definition) is 3. The van der Waals surface area contributed by atoms with Crippen LogP contribution in [0.3, 0.4) is 0 Å². The molecule has 2 unspecified atom stereocenters. The summed E-state index contributed by atoms with van der Waals surface area (Å²) in [6.45, 7) is 6.10. The van der Waals surface area contributed by atoms with Crippen LogP contribution in [0.2, 0.25) is 0 Å². The molecule has 6 heteroatoms. The first-order valence-electron chi connectivity index (χ1n) is 23.1. The van der Waals surface area contributed by atoms with Crippen LogP contribution in [-0.4, -0.2) is 42.3 Å². The Labute approximate surface area is 329 Å². The van der Waals surface area contributed by atoms with E-state index in [0.29, 0.717) is 25.5 Å². The Morgan fingerprint density at radius 3 is 1.42 bits per heavy atom. The van der Waals surface area contributed by atoms with Gasteiger partial charge in [-0.1, -0.05) is 160 Å². The van der Waals surface area contributed by atoms with Gasteiger partial charge in [0.05, 0.1) is 6.61 Å². The van der Waals surface area contributed by atoms with E-state index in [1.807, 2.05) is 0 Å². The molecule has 312 valence electrons. The maximum Gasteiger partial charge on any atom is 0.305 e. The van der Waals surface area contributed by atoms with E-state index >= 15 is 0 Å². The molecule has 0 aromatic rings. The van der Waals surface area contributed by atoms with E-state index in [9.17, 15) is 9.59 Å². The lowest BCUT2D eigenvalue weighted by molar-refractivity contribution is -0.144. The van der Waals surface area contributed by atoms with Crippen LogP contribution < -0.4 is 11.1 Å². The predicted octanol–water partition coefficient (Wildman–Crippen LogP) is 13.7. The van der Waals surface area contributed by atoms with E-state index in [4.69, 9.17) is 15.6 Å². The summed E-state index contributed by atoms with van der Waals surface area (Å²) in [6, 6.07) is 0.667. The van der Waals surface area contributed by atoms with Crippen LogP contribution in [0, 0.1) is 0 Å². The summed E-state index contributed by atoms with van der Waals surface area (Å²) in [4.78, 5) is 22.4. The van der Waals surface area contributed by atoms with Crippen LogP contribution in [0.4, 0.5) is 0 Å². The highest BCUT2D eigenvalue weighted by molar-refractivity contribution is 5.69. The molecule has 0 spiro atoms. The Hall–Kier alpha value is -1.66. The maximum atomic E-state index is 11.8. The zero-order chi connectivity index (χ0) is 38.7.